The summed E-state index contributed by atoms with van der Waals surface area (Å²) in [5, 5.41) is 15.2. The Labute approximate surface area is 192 Å². The highest BCUT2D eigenvalue weighted by molar-refractivity contribution is 6.07. The molecule has 2 N–H and O–H groups in total. The molecular weight excluding hydrogens is 420 g/mol. The highest BCUT2D eigenvalue weighted by Gasteiger charge is 2.49. The van der Waals surface area contributed by atoms with Crippen molar-refractivity contribution in [3.8, 4) is 11.5 Å². The normalized spacial score (nSPS) is 19.0. The van der Waals surface area contributed by atoms with Crippen molar-refractivity contribution in [3.05, 3.63) is 71.3 Å². The summed E-state index contributed by atoms with van der Waals surface area (Å²) >= 11 is 0. The number of carbonyl (C=O) groups excluding carboxylic acids is 2. The van der Waals surface area contributed by atoms with Gasteiger partial charge in [-0.2, -0.15) is 0 Å². The van der Waals surface area contributed by atoms with Crippen LogP contribution in [0.25, 0.3) is 10.8 Å². The summed E-state index contributed by atoms with van der Waals surface area (Å²) in [5.41, 5.74) is 1.36. The second kappa shape index (κ2) is 8.75. The fourth-order valence-corrected chi connectivity index (χ4v) is 4.19. The molecule has 0 spiro atoms. The number of aliphatic hydroxyl groups excluding tert-OH is 1. The number of methoxy groups -OCH3 is 1. The Bertz CT molecular complexity index is 1200. The number of hydrogen-bond donors (Lipinski definition) is 2. The highest BCUT2D eigenvalue weighted by atomic mass is 16.5. The van der Waals surface area contributed by atoms with Crippen LogP contribution in [0.3, 0.4) is 0 Å². The van der Waals surface area contributed by atoms with Crippen molar-refractivity contribution >= 4 is 22.7 Å². The van der Waals surface area contributed by atoms with E-state index in [4.69, 9.17) is 9.47 Å². The number of imide groups is 1. The number of rotatable bonds is 7. The fraction of sp³-hybridized carbons (Fsp3) is 0.308. The molecule has 0 unspecified atom stereocenters. The van der Waals surface area contributed by atoms with Crippen LogP contribution in [0.15, 0.2) is 54.6 Å². The highest BCUT2D eigenvalue weighted by Crippen LogP contribution is 2.32. The summed E-state index contributed by atoms with van der Waals surface area (Å²) < 4.78 is 11.0. The summed E-state index contributed by atoms with van der Waals surface area (Å²) in [4.78, 5) is 27.0. The van der Waals surface area contributed by atoms with Crippen LogP contribution < -0.4 is 14.8 Å². The van der Waals surface area contributed by atoms with Gasteiger partial charge < -0.3 is 19.9 Å². The molecule has 33 heavy (non-hydrogen) atoms. The Kier molecular flexibility index (Phi) is 5.99. The average Bonchev–Trinajstić information content (AvgIpc) is 3.01. The minimum absolute atomic E-state index is 0.0305. The third-order valence-electron chi connectivity index (χ3n) is 6.12. The molecule has 0 saturated carbocycles. The van der Waals surface area contributed by atoms with Crippen LogP contribution in [0.2, 0.25) is 0 Å². The summed E-state index contributed by atoms with van der Waals surface area (Å²) in [6, 6.07) is 16.5. The molecule has 1 aliphatic heterocycles. The number of ether oxygens (including phenoxy) is 2. The monoisotopic (exact) mass is 448 g/mol. The van der Waals surface area contributed by atoms with Crippen LogP contribution in [0.4, 0.5) is 4.79 Å². The second-order valence-corrected chi connectivity index (χ2v) is 8.58. The quantitative estimate of drug-likeness (QED) is 0.539. The van der Waals surface area contributed by atoms with Crippen molar-refractivity contribution in [2.75, 3.05) is 20.3 Å². The van der Waals surface area contributed by atoms with Gasteiger partial charge in [-0.05, 0) is 66.4 Å². The maximum Gasteiger partial charge on any atom is 0.325 e. The Morgan fingerprint density at radius 2 is 1.70 bits per heavy atom. The Balaban J connectivity index is 1.49. The van der Waals surface area contributed by atoms with E-state index in [1.165, 1.54) is 0 Å². The molecule has 1 aliphatic rings. The molecule has 1 saturated heterocycles. The lowest BCUT2D eigenvalue weighted by Crippen LogP contribution is -2.42. The van der Waals surface area contributed by atoms with Crippen molar-refractivity contribution in [2.45, 2.75) is 32.4 Å². The first-order chi connectivity index (χ1) is 15.7. The van der Waals surface area contributed by atoms with Crippen molar-refractivity contribution in [2.24, 2.45) is 0 Å². The third-order valence-corrected chi connectivity index (χ3v) is 6.12. The Morgan fingerprint density at radius 1 is 1.03 bits per heavy atom. The number of nitrogens with zero attached hydrogens (tertiary/aromatic N) is 1. The van der Waals surface area contributed by atoms with Gasteiger partial charge in [0.15, 0.2) is 0 Å². The number of fused-ring (bicyclic) bond motifs is 1. The molecule has 2 atom stereocenters. The molecule has 7 nitrogen and oxygen atoms in total. The SMILES string of the molecule is COc1ccc2cc([C@@]3(C)NC(=O)N(C[C@@H](O)COc4c(C)cccc4C)C3=O)ccc2c1. The summed E-state index contributed by atoms with van der Waals surface area (Å²) in [5.74, 6) is 1.04. The minimum atomic E-state index is -1.22. The van der Waals surface area contributed by atoms with E-state index in [9.17, 15) is 14.7 Å². The number of para-hydroxylation sites is 1. The Hall–Kier alpha value is -3.58. The van der Waals surface area contributed by atoms with Crippen molar-refractivity contribution in [1.82, 2.24) is 10.2 Å². The maximum absolute atomic E-state index is 13.3. The number of hydrogen-bond acceptors (Lipinski definition) is 5. The number of nitrogens with one attached hydrogen (secondary N) is 1. The van der Waals surface area contributed by atoms with Gasteiger partial charge in [-0.3, -0.25) is 9.69 Å². The molecule has 4 rings (SSSR count). The van der Waals surface area contributed by atoms with Gasteiger partial charge in [0.05, 0.1) is 13.7 Å². The van der Waals surface area contributed by atoms with Crippen molar-refractivity contribution in [1.29, 1.82) is 0 Å². The maximum atomic E-state index is 13.3. The predicted octanol–water partition coefficient (Wildman–Crippen LogP) is 3.67. The van der Waals surface area contributed by atoms with Crippen LogP contribution in [-0.4, -0.2) is 48.3 Å². The largest absolute Gasteiger partial charge is 0.497 e. The van der Waals surface area contributed by atoms with E-state index in [2.05, 4.69) is 5.32 Å². The van der Waals surface area contributed by atoms with Crippen LogP contribution >= 0.6 is 0 Å². The molecule has 172 valence electrons. The van der Waals surface area contributed by atoms with E-state index >= 15 is 0 Å². The first kappa shape index (κ1) is 22.6. The summed E-state index contributed by atoms with van der Waals surface area (Å²) in [6.07, 6.45) is -1.02. The first-order valence-corrected chi connectivity index (χ1v) is 10.8. The second-order valence-electron chi connectivity index (χ2n) is 8.58. The average molecular weight is 449 g/mol. The number of aliphatic hydroxyl groups is 1. The molecule has 0 bridgehead atoms. The molecule has 7 heteroatoms. The van der Waals surface area contributed by atoms with Gasteiger partial charge in [-0.1, -0.05) is 36.4 Å². The molecule has 1 heterocycles. The van der Waals surface area contributed by atoms with Crippen LogP contribution in [-0.2, 0) is 10.3 Å². The van der Waals surface area contributed by atoms with Crippen LogP contribution in [0.1, 0.15) is 23.6 Å². The Morgan fingerprint density at radius 3 is 2.39 bits per heavy atom. The number of β-amino-alcohol motifs (C(OH)–C–C–N with tert-alkyl or cyclic N) is 1. The van der Waals surface area contributed by atoms with E-state index < -0.39 is 23.6 Å². The van der Waals surface area contributed by atoms with Gasteiger partial charge in [0.25, 0.3) is 5.91 Å². The third kappa shape index (κ3) is 4.24. The number of carbonyl (C=O) groups is 2. The van der Waals surface area contributed by atoms with Crippen LogP contribution in [0, 0.1) is 13.8 Å². The van der Waals surface area contributed by atoms with E-state index in [0.717, 1.165) is 32.5 Å². The van der Waals surface area contributed by atoms with Crippen LogP contribution in [0.5, 0.6) is 11.5 Å². The molecule has 3 aromatic rings. The zero-order valence-corrected chi connectivity index (χ0v) is 19.2. The number of urea groups is 1. The lowest BCUT2D eigenvalue weighted by molar-refractivity contribution is -0.132. The van der Waals surface area contributed by atoms with Gasteiger partial charge in [0, 0.05) is 0 Å². The van der Waals surface area contributed by atoms with E-state index in [1.54, 1.807) is 14.0 Å². The number of aryl methyl sites for hydroxylation is 2. The zero-order valence-electron chi connectivity index (χ0n) is 19.2. The molecule has 0 aromatic heterocycles. The van der Waals surface area contributed by atoms with Gasteiger partial charge >= 0.3 is 6.03 Å². The van der Waals surface area contributed by atoms with Gasteiger partial charge in [-0.25, -0.2) is 4.79 Å². The van der Waals surface area contributed by atoms with E-state index in [0.29, 0.717) is 11.3 Å². The molecule has 0 radical (unpaired) electrons. The molecular formula is C26H28N2O5. The smallest absolute Gasteiger partial charge is 0.325 e. The minimum Gasteiger partial charge on any atom is -0.497 e. The van der Waals surface area contributed by atoms with Crippen molar-refractivity contribution in [3.63, 3.8) is 0 Å². The number of amides is 3. The number of benzene rings is 3. The first-order valence-electron chi connectivity index (χ1n) is 10.8. The molecule has 1 fully saturated rings. The van der Waals surface area contributed by atoms with Gasteiger partial charge in [0.2, 0.25) is 0 Å². The van der Waals surface area contributed by atoms with E-state index in [1.807, 2.05) is 68.4 Å². The molecule has 3 amide bonds. The zero-order chi connectivity index (χ0) is 23.8. The lowest BCUT2D eigenvalue weighted by atomic mass is 9.90. The summed E-state index contributed by atoms with van der Waals surface area (Å²) in [6.45, 7) is 5.35. The molecule has 3 aromatic carbocycles. The predicted molar refractivity (Wildman–Crippen MR) is 126 cm³/mol. The topological polar surface area (TPSA) is 88.1 Å². The van der Waals surface area contributed by atoms with Gasteiger partial charge in [-0.15, -0.1) is 0 Å². The van der Waals surface area contributed by atoms with Crippen molar-refractivity contribution < 1.29 is 24.2 Å². The van der Waals surface area contributed by atoms with Gasteiger partial charge in [0.1, 0.15) is 29.7 Å². The standard InChI is InChI=1S/C26H28N2O5/c1-16-6-5-7-17(2)23(16)33-15-21(29)14-28-24(30)26(3,27-25(28)31)20-10-8-19-13-22(32-4)11-9-18(19)12-20/h5-13,21,29H,14-15H2,1-4H3,(H,27,31)/t21-,26-/m1/s1. The fourth-order valence-electron chi connectivity index (χ4n) is 4.19. The lowest BCUT2D eigenvalue weighted by Gasteiger charge is -2.24. The summed E-state index contributed by atoms with van der Waals surface area (Å²) in [7, 11) is 1.61. The van der Waals surface area contributed by atoms with E-state index in [-0.39, 0.29) is 13.2 Å². The molecule has 0 aliphatic carbocycles.